The molecule has 3 saturated heterocycles. The smallest absolute Gasteiger partial charge is 0.253 e. The Labute approximate surface area is 300 Å². The maximum absolute atomic E-state index is 14.8. The third-order valence-electron chi connectivity index (χ3n) is 11.5. The van der Waals surface area contributed by atoms with Gasteiger partial charge in [0.15, 0.2) is 0 Å². The first kappa shape index (κ1) is 40.3. The molecule has 282 valence electrons. The summed E-state index contributed by atoms with van der Waals surface area (Å²) in [5.41, 5.74) is 14.2. The zero-order valence-electron chi connectivity index (χ0n) is 31.5. The number of hydrogen-bond donors (Lipinski definition) is 3. The highest BCUT2D eigenvalue weighted by atomic mass is 19.1. The predicted octanol–water partition coefficient (Wildman–Crippen LogP) is 4.57. The lowest BCUT2D eigenvalue weighted by atomic mass is 9.84. The number of nitrogens with one attached hydrogen (secondary N) is 1. The number of rotatable bonds is 18. The molecule has 50 heavy (non-hydrogen) atoms. The minimum Gasteiger partial charge on any atom is -0.378 e. The van der Waals surface area contributed by atoms with Gasteiger partial charge >= 0.3 is 0 Å². The van der Waals surface area contributed by atoms with E-state index in [0.717, 1.165) is 83.7 Å². The van der Waals surface area contributed by atoms with Crippen molar-refractivity contribution in [3.05, 3.63) is 35.4 Å². The van der Waals surface area contributed by atoms with Gasteiger partial charge in [0.05, 0.1) is 37.4 Å². The van der Waals surface area contributed by atoms with Crippen LogP contribution in [0.15, 0.2) is 29.3 Å². The number of hydrogen-bond acceptors (Lipinski definition) is 8. The molecule has 0 aliphatic carbocycles. The molecule has 10 nitrogen and oxygen atoms in total. The van der Waals surface area contributed by atoms with E-state index in [1.54, 1.807) is 6.92 Å². The van der Waals surface area contributed by atoms with E-state index in [9.17, 15) is 14.0 Å². The monoisotopic (exact) mass is 700 g/mol. The molecule has 0 spiro atoms. The predicted molar refractivity (Wildman–Crippen MR) is 200 cm³/mol. The highest BCUT2D eigenvalue weighted by Crippen LogP contribution is 2.31. The molecule has 5 N–H and O–H groups in total. The lowest BCUT2D eigenvalue weighted by molar-refractivity contribution is -0.127. The Morgan fingerprint density at radius 2 is 1.76 bits per heavy atom. The molecule has 11 heteroatoms. The van der Waals surface area contributed by atoms with Gasteiger partial charge in [0.1, 0.15) is 6.17 Å². The summed E-state index contributed by atoms with van der Waals surface area (Å²) < 4.78 is 20.1. The van der Waals surface area contributed by atoms with Crippen LogP contribution in [0.2, 0.25) is 0 Å². The van der Waals surface area contributed by atoms with Crippen molar-refractivity contribution >= 4 is 18.0 Å². The van der Waals surface area contributed by atoms with E-state index in [4.69, 9.17) is 16.2 Å². The first-order chi connectivity index (χ1) is 23.9. The Morgan fingerprint density at radius 1 is 1.06 bits per heavy atom. The van der Waals surface area contributed by atoms with Gasteiger partial charge in [-0.3, -0.25) is 19.5 Å². The van der Waals surface area contributed by atoms with Gasteiger partial charge in [-0.2, -0.15) is 0 Å². The lowest BCUT2D eigenvalue weighted by Gasteiger charge is -2.42. The number of carbonyl (C=O) groups excluding carboxylic acids is 2. The summed E-state index contributed by atoms with van der Waals surface area (Å²) in [5, 5.41) is 3.32. The number of nitrogens with two attached hydrogens (primary N) is 2. The highest BCUT2D eigenvalue weighted by Gasteiger charge is 2.36. The average molecular weight is 700 g/mol. The fraction of sp³-hybridized carbons (Fsp3) is 0.769. The summed E-state index contributed by atoms with van der Waals surface area (Å²) >= 11 is 0. The number of halogens is 1. The van der Waals surface area contributed by atoms with Gasteiger partial charge in [0.2, 0.25) is 5.91 Å². The average Bonchev–Trinajstić information content (AvgIpc) is 3.08. The molecule has 4 rings (SSSR count). The minimum atomic E-state index is -1.19. The molecular formula is C39H66FN7O3. The van der Waals surface area contributed by atoms with Gasteiger partial charge < -0.3 is 31.3 Å². The van der Waals surface area contributed by atoms with Crippen LogP contribution in [0.1, 0.15) is 108 Å². The molecule has 3 fully saturated rings. The second kappa shape index (κ2) is 19.4. The van der Waals surface area contributed by atoms with Gasteiger partial charge in [-0.15, -0.1) is 0 Å². The largest absolute Gasteiger partial charge is 0.378 e. The highest BCUT2D eigenvalue weighted by molar-refractivity contribution is 5.94. The number of piperazine rings is 1. The van der Waals surface area contributed by atoms with E-state index in [1.165, 1.54) is 25.5 Å². The third-order valence-corrected chi connectivity index (χ3v) is 11.5. The van der Waals surface area contributed by atoms with E-state index >= 15 is 0 Å². The summed E-state index contributed by atoms with van der Waals surface area (Å²) in [4.78, 5) is 38.6. The van der Waals surface area contributed by atoms with Gasteiger partial charge in [-0.25, -0.2) is 4.39 Å². The third kappa shape index (κ3) is 11.5. The molecule has 5 atom stereocenters. The molecule has 0 bridgehead atoms. The number of carbonyl (C=O) groups is 2. The van der Waals surface area contributed by atoms with Gasteiger partial charge in [0, 0.05) is 56.5 Å². The molecule has 0 radical (unpaired) electrons. The summed E-state index contributed by atoms with van der Waals surface area (Å²) in [7, 11) is 0. The van der Waals surface area contributed by atoms with Crippen molar-refractivity contribution < 1.29 is 18.7 Å². The normalized spacial score (nSPS) is 23.2. The standard InChI is InChI=1S/C39H66FN7O3/c1-6-8-9-10-18-45-19-16-33(29-11-13-30(14-12-29)38(49)47-22-20-46(21-23-47)32-26-50-27-32)34(25-45)44-37(48)35(36(41)42)28(3)43-24-31(40)15-17-39(4,5)7-2/h11-14,24,28,31-36H,6-10,15-23,25-27,41-42H2,1-5H3,(H,44,48)/b43-24-. The number of aliphatic imine (C=N–C) groups is 1. The van der Waals surface area contributed by atoms with Crippen LogP contribution >= 0.6 is 0 Å². The molecule has 2 amide bonds. The van der Waals surface area contributed by atoms with E-state index in [2.05, 4.69) is 59.9 Å². The molecule has 1 aromatic rings. The number of nitrogens with zero attached hydrogens (tertiary/aromatic N) is 4. The van der Waals surface area contributed by atoms with Crippen molar-refractivity contribution in [1.29, 1.82) is 0 Å². The number of ether oxygens (including phenoxy) is 1. The summed E-state index contributed by atoms with van der Waals surface area (Å²) in [6.07, 6.45) is 6.92. The van der Waals surface area contributed by atoms with Crippen molar-refractivity contribution in [1.82, 2.24) is 20.0 Å². The van der Waals surface area contributed by atoms with Crippen LogP contribution in [-0.2, 0) is 9.53 Å². The molecular weight excluding hydrogens is 633 g/mol. The summed E-state index contributed by atoms with van der Waals surface area (Å²) in [6, 6.07) is 7.72. The topological polar surface area (TPSA) is 130 Å². The van der Waals surface area contributed by atoms with E-state index in [1.807, 2.05) is 17.0 Å². The number of likely N-dealkylation sites (tertiary alicyclic amines) is 1. The first-order valence-electron chi connectivity index (χ1n) is 19.3. The van der Waals surface area contributed by atoms with Crippen LogP contribution in [0, 0.1) is 11.3 Å². The van der Waals surface area contributed by atoms with Crippen molar-refractivity contribution in [3.63, 3.8) is 0 Å². The van der Waals surface area contributed by atoms with Crippen LogP contribution in [0.4, 0.5) is 4.39 Å². The number of alkyl halides is 1. The second-order valence-corrected chi connectivity index (χ2v) is 15.7. The Morgan fingerprint density at radius 3 is 2.36 bits per heavy atom. The van der Waals surface area contributed by atoms with Gasteiger partial charge in [-0.05, 0) is 68.8 Å². The minimum absolute atomic E-state index is 0.0618. The molecule has 1 aromatic carbocycles. The fourth-order valence-corrected chi connectivity index (χ4v) is 7.41. The van der Waals surface area contributed by atoms with Crippen LogP contribution in [0.25, 0.3) is 0 Å². The summed E-state index contributed by atoms with van der Waals surface area (Å²) in [5.74, 6) is -0.932. The number of piperidine rings is 1. The van der Waals surface area contributed by atoms with E-state index in [0.29, 0.717) is 24.6 Å². The molecule has 0 aromatic heterocycles. The van der Waals surface area contributed by atoms with Gasteiger partial charge in [-0.1, -0.05) is 65.5 Å². The summed E-state index contributed by atoms with van der Waals surface area (Å²) in [6.45, 7) is 17.8. The maximum atomic E-state index is 14.8. The Bertz CT molecular complexity index is 1220. The van der Waals surface area contributed by atoms with Crippen LogP contribution in [-0.4, -0.2) is 122 Å². The van der Waals surface area contributed by atoms with Crippen molar-refractivity contribution in [3.8, 4) is 0 Å². The fourth-order valence-electron chi connectivity index (χ4n) is 7.41. The number of amides is 2. The van der Waals surface area contributed by atoms with Crippen molar-refractivity contribution in [2.45, 2.75) is 122 Å². The zero-order chi connectivity index (χ0) is 36.3. The molecule has 3 aliphatic heterocycles. The van der Waals surface area contributed by atoms with Crippen molar-refractivity contribution in [2.24, 2.45) is 27.8 Å². The van der Waals surface area contributed by atoms with E-state index < -0.39 is 24.3 Å². The molecule has 3 heterocycles. The Hall–Kier alpha value is -2.44. The van der Waals surface area contributed by atoms with Crippen LogP contribution in [0.5, 0.6) is 0 Å². The maximum Gasteiger partial charge on any atom is 0.253 e. The molecule has 0 saturated carbocycles. The van der Waals surface area contributed by atoms with Crippen molar-refractivity contribution in [2.75, 3.05) is 59.0 Å². The Kier molecular flexibility index (Phi) is 15.7. The molecule has 5 unspecified atom stereocenters. The first-order valence-corrected chi connectivity index (χ1v) is 19.3. The zero-order valence-corrected chi connectivity index (χ0v) is 31.5. The quantitative estimate of drug-likeness (QED) is 0.116. The van der Waals surface area contributed by atoms with Crippen LogP contribution in [0.3, 0.4) is 0 Å². The number of unbranched alkanes of at least 4 members (excludes halogenated alkanes) is 3. The number of benzene rings is 1. The van der Waals surface area contributed by atoms with Gasteiger partial charge in [0.25, 0.3) is 5.91 Å². The Balaban J connectivity index is 1.42. The van der Waals surface area contributed by atoms with E-state index in [-0.39, 0.29) is 29.2 Å². The second-order valence-electron chi connectivity index (χ2n) is 15.7. The SMILES string of the molecule is CCCCCCN1CCC(c2ccc(C(=O)N3CCN(C4COC4)CC3)cc2)C(NC(=O)C(C(N)N)C(C)/N=C\C(F)CCC(C)(C)CC)C1. The van der Waals surface area contributed by atoms with Crippen LogP contribution < -0.4 is 16.8 Å². The lowest BCUT2D eigenvalue weighted by Crippen LogP contribution is -2.57. The molecule has 3 aliphatic rings.